The third kappa shape index (κ3) is 4.49. The predicted molar refractivity (Wildman–Crippen MR) is 103 cm³/mol. The fraction of sp³-hybridized carbons (Fsp3) is 0.316. The Morgan fingerprint density at radius 3 is 2.41 bits per heavy atom. The molecule has 1 amide bonds. The van der Waals surface area contributed by atoms with E-state index in [2.05, 4.69) is 0 Å². The minimum Gasteiger partial charge on any atom is -0.493 e. The van der Waals surface area contributed by atoms with Gasteiger partial charge in [-0.1, -0.05) is 23.7 Å². The molecule has 0 spiro atoms. The third-order valence-electron chi connectivity index (χ3n) is 4.26. The van der Waals surface area contributed by atoms with Crippen LogP contribution in [0.1, 0.15) is 35.8 Å². The van der Waals surface area contributed by atoms with Gasteiger partial charge in [-0.25, -0.2) is 0 Å². The lowest BCUT2D eigenvalue weighted by Crippen LogP contribution is -2.30. The minimum atomic E-state index is -0.605. The largest absolute Gasteiger partial charge is 0.493 e. The van der Waals surface area contributed by atoms with Crippen LogP contribution in [0.3, 0.4) is 0 Å². The molecule has 2 rings (SSSR count). The van der Waals surface area contributed by atoms with Crippen LogP contribution in [0, 0.1) is 10.1 Å². The zero-order valence-corrected chi connectivity index (χ0v) is 16.3. The maximum Gasteiger partial charge on any atom is 0.286 e. The number of nitro groups is 1. The van der Waals surface area contributed by atoms with Gasteiger partial charge in [0.05, 0.1) is 30.7 Å². The first-order chi connectivity index (χ1) is 12.8. The van der Waals surface area contributed by atoms with Gasteiger partial charge in [0.1, 0.15) is 5.56 Å². The topological polar surface area (TPSA) is 81.9 Å². The van der Waals surface area contributed by atoms with Crippen molar-refractivity contribution in [2.75, 3.05) is 20.8 Å². The maximum atomic E-state index is 13.0. The van der Waals surface area contributed by atoms with Crippen LogP contribution in [0.15, 0.2) is 36.4 Å². The van der Waals surface area contributed by atoms with Gasteiger partial charge >= 0.3 is 0 Å². The maximum absolute atomic E-state index is 13.0. The SMILES string of the molecule is CCOc1cc(C(=O)N(C)C(C)c2ccc(Cl)cc2)c([N+](=O)[O-])cc1OC. The van der Waals surface area contributed by atoms with Crippen molar-refractivity contribution in [1.29, 1.82) is 0 Å². The summed E-state index contributed by atoms with van der Waals surface area (Å²) in [4.78, 5) is 25.3. The number of hydrogen-bond acceptors (Lipinski definition) is 5. The highest BCUT2D eigenvalue weighted by Gasteiger charge is 2.29. The van der Waals surface area contributed by atoms with Gasteiger partial charge < -0.3 is 14.4 Å². The van der Waals surface area contributed by atoms with Crippen molar-refractivity contribution >= 4 is 23.2 Å². The zero-order chi connectivity index (χ0) is 20.1. The van der Waals surface area contributed by atoms with Crippen LogP contribution >= 0.6 is 11.6 Å². The molecule has 144 valence electrons. The molecule has 1 unspecified atom stereocenters. The van der Waals surface area contributed by atoms with E-state index >= 15 is 0 Å². The summed E-state index contributed by atoms with van der Waals surface area (Å²) in [5, 5.41) is 12.1. The molecule has 0 fully saturated rings. The predicted octanol–water partition coefficient (Wildman–Crippen LogP) is 4.49. The molecule has 0 aliphatic heterocycles. The Bertz CT molecular complexity index is 839. The molecule has 0 aliphatic carbocycles. The van der Waals surface area contributed by atoms with Crippen molar-refractivity contribution in [3.63, 3.8) is 0 Å². The molecule has 0 aliphatic rings. The zero-order valence-electron chi connectivity index (χ0n) is 15.6. The van der Waals surface area contributed by atoms with Gasteiger partial charge in [-0.05, 0) is 31.5 Å². The molecular formula is C19H21ClN2O5. The summed E-state index contributed by atoms with van der Waals surface area (Å²) in [7, 11) is 2.98. The molecule has 7 nitrogen and oxygen atoms in total. The van der Waals surface area contributed by atoms with E-state index in [4.69, 9.17) is 21.1 Å². The Balaban J connectivity index is 2.44. The van der Waals surface area contributed by atoms with Crippen LogP contribution in [0.4, 0.5) is 5.69 Å². The lowest BCUT2D eigenvalue weighted by molar-refractivity contribution is -0.385. The molecule has 2 aromatic carbocycles. The monoisotopic (exact) mass is 392 g/mol. The Kier molecular flexibility index (Phi) is 6.63. The lowest BCUT2D eigenvalue weighted by atomic mass is 10.1. The van der Waals surface area contributed by atoms with E-state index in [0.717, 1.165) is 5.56 Å². The molecule has 27 heavy (non-hydrogen) atoms. The highest BCUT2D eigenvalue weighted by atomic mass is 35.5. The number of halogens is 1. The van der Waals surface area contributed by atoms with Crippen LogP contribution in [0.5, 0.6) is 11.5 Å². The first kappa shape index (κ1) is 20.5. The van der Waals surface area contributed by atoms with E-state index in [-0.39, 0.29) is 28.8 Å². The summed E-state index contributed by atoms with van der Waals surface area (Å²) in [6, 6.07) is 9.33. The fourth-order valence-corrected chi connectivity index (χ4v) is 2.76. The lowest BCUT2D eigenvalue weighted by Gasteiger charge is -2.25. The Morgan fingerprint density at radius 1 is 1.26 bits per heavy atom. The van der Waals surface area contributed by atoms with Crippen LogP contribution in [-0.4, -0.2) is 36.5 Å². The molecule has 2 aromatic rings. The third-order valence-corrected chi connectivity index (χ3v) is 4.51. The number of benzene rings is 2. The van der Waals surface area contributed by atoms with E-state index in [1.807, 2.05) is 19.1 Å². The van der Waals surface area contributed by atoms with E-state index < -0.39 is 10.8 Å². The van der Waals surface area contributed by atoms with Gasteiger partial charge in [0, 0.05) is 18.1 Å². The van der Waals surface area contributed by atoms with Crippen molar-refractivity contribution in [2.45, 2.75) is 19.9 Å². The smallest absolute Gasteiger partial charge is 0.286 e. The Morgan fingerprint density at radius 2 is 1.89 bits per heavy atom. The number of nitrogens with zero attached hydrogens (tertiary/aromatic N) is 2. The summed E-state index contributed by atoms with van der Waals surface area (Å²) in [5.74, 6) is -0.0113. The first-order valence-corrected chi connectivity index (χ1v) is 8.69. The van der Waals surface area contributed by atoms with E-state index in [9.17, 15) is 14.9 Å². The molecule has 0 saturated heterocycles. The molecule has 0 bridgehead atoms. The van der Waals surface area contributed by atoms with Crippen LogP contribution in [0.2, 0.25) is 5.02 Å². The van der Waals surface area contributed by atoms with Crippen LogP contribution < -0.4 is 9.47 Å². The van der Waals surface area contributed by atoms with Gasteiger partial charge in [0.25, 0.3) is 11.6 Å². The van der Waals surface area contributed by atoms with E-state index in [1.165, 1.54) is 24.1 Å². The standard InChI is InChI=1S/C19H21ClN2O5/c1-5-27-18-10-15(16(22(24)25)11-17(18)26-4)19(23)21(3)12(2)13-6-8-14(20)9-7-13/h6-12H,5H2,1-4H3. The van der Waals surface area contributed by atoms with Crippen LogP contribution in [-0.2, 0) is 0 Å². The molecule has 0 aromatic heterocycles. The number of methoxy groups -OCH3 is 1. The summed E-state index contributed by atoms with van der Waals surface area (Å²) < 4.78 is 10.6. The summed E-state index contributed by atoms with van der Waals surface area (Å²) in [6.45, 7) is 3.94. The highest BCUT2D eigenvalue weighted by molar-refractivity contribution is 6.30. The van der Waals surface area contributed by atoms with Gasteiger partial charge in [-0.15, -0.1) is 0 Å². The summed E-state index contributed by atoms with van der Waals surface area (Å²) in [5.41, 5.74) is 0.458. The normalized spacial score (nSPS) is 11.6. The number of amides is 1. The van der Waals surface area contributed by atoms with Gasteiger partial charge in [-0.3, -0.25) is 14.9 Å². The summed E-state index contributed by atoms with van der Waals surface area (Å²) in [6.07, 6.45) is 0. The van der Waals surface area contributed by atoms with Crippen LogP contribution in [0.25, 0.3) is 0 Å². The van der Waals surface area contributed by atoms with Crippen molar-refractivity contribution in [2.24, 2.45) is 0 Å². The Hall–Kier alpha value is -2.80. The number of ether oxygens (including phenoxy) is 2. The van der Waals surface area contributed by atoms with E-state index in [0.29, 0.717) is 11.6 Å². The van der Waals surface area contributed by atoms with E-state index in [1.54, 1.807) is 26.1 Å². The minimum absolute atomic E-state index is 0.0624. The number of hydrogen-bond donors (Lipinski definition) is 0. The fourth-order valence-electron chi connectivity index (χ4n) is 2.63. The molecule has 0 radical (unpaired) electrons. The molecular weight excluding hydrogens is 372 g/mol. The van der Waals surface area contributed by atoms with Gasteiger partial charge in [0.15, 0.2) is 11.5 Å². The molecule has 8 heteroatoms. The van der Waals surface area contributed by atoms with Gasteiger partial charge in [-0.2, -0.15) is 0 Å². The number of rotatable bonds is 7. The van der Waals surface area contributed by atoms with Crippen molar-refractivity contribution in [3.8, 4) is 11.5 Å². The quantitative estimate of drug-likeness (QED) is 0.512. The molecule has 1 atom stereocenters. The van der Waals surface area contributed by atoms with Gasteiger partial charge in [0.2, 0.25) is 0 Å². The number of carbonyl (C=O) groups excluding carboxylic acids is 1. The van der Waals surface area contributed by atoms with Crippen molar-refractivity contribution in [1.82, 2.24) is 4.90 Å². The van der Waals surface area contributed by atoms with Crippen molar-refractivity contribution in [3.05, 3.63) is 62.7 Å². The first-order valence-electron chi connectivity index (χ1n) is 8.32. The number of nitro benzene ring substituents is 1. The second-order valence-electron chi connectivity index (χ2n) is 5.85. The average Bonchev–Trinajstić information content (AvgIpc) is 2.66. The highest BCUT2D eigenvalue weighted by Crippen LogP contribution is 2.36. The molecule has 0 saturated carbocycles. The Labute approximate surface area is 162 Å². The molecule has 0 N–H and O–H groups in total. The molecule has 0 heterocycles. The second-order valence-corrected chi connectivity index (χ2v) is 6.29. The summed E-state index contributed by atoms with van der Waals surface area (Å²) >= 11 is 5.90. The average molecular weight is 393 g/mol. The second kappa shape index (κ2) is 8.73. The number of carbonyl (C=O) groups is 1. The van der Waals surface area contributed by atoms with Crippen molar-refractivity contribution < 1.29 is 19.2 Å².